The number of amides is 1. The van der Waals surface area contributed by atoms with Gasteiger partial charge in [0, 0.05) is 13.1 Å². The lowest BCUT2D eigenvalue weighted by Crippen LogP contribution is -2.45. The van der Waals surface area contributed by atoms with Crippen molar-refractivity contribution in [3.63, 3.8) is 0 Å². The second-order valence-corrected chi connectivity index (χ2v) is 11.7. The van der Waals surface area contributed by atoms with Crippen molar-refractivity contribution in [3.8, 4) is 11.1 Å². The van der Waals surface area contributed by atoms with Gasteiger partial charge in [-0.2, -0.15) is 4.31 Å². The first-order valence-electron chi connectivity index (χ1n) is 10.8. The molecule has 0 spiro atoms. The van der Waals surface area contributed by atoms with Crippen LogP contribution < -0.4 is 10.5 Å². The molecule has 3 aromatic rings. The Kier molecular flexibility index (Phi) is 7.04. The second kappa shape index (κ2) is 9.86. The van der Waals surface area contributed by atoms with Crippen LogP contribution in [-0.2, 0) is 31.4 Å². The predicted molar refractivity (Wildman–Crippen MR) is 128 cm³/mol. The normalized spacial score (nSPS) is 16.8. The molecular weight excluding hydrogens is 493 g/mol. The highest BCUT2D eigenvalue weighted by molar-refractivity contribution is 7.89. The Balaban J connectivity index is 1.45. The van der Waals surface area contributed by atoms with Crippen molar-refractivity contribution in [2.45, 2.75) is 35.2 Å². The van der Waals surface area contributed by atoms with Gasteiger partial charge in [0.2, 0.25) is 26.0 Å². The summed E-state index contributed by atoms with van der Waals surface area (Å²) >= 11 is 0. The molecule has 3 aromatic carbocycles. The van der Waals surface area contributed by atoms with Gasteiger partial charge in [0.05, 0.1) is 9.79 Å². The van der Waals surface area contributed by atoms with Crippen molar-refractivity contribution in [2.24, 2.45) is 5.14 Å². The molecule has 1 aliphatic rings. The van der Waals surface area contributed by atoms with E-state index in [1.165, 1.54) is 28.6 Å². The van der Waals surface area contributed by atoms with Crippen molar-refractivity contribution >= 4 is 26.0 Å². The lowest BCUT2D eigenvalue weighted by atomic mass is 10.0. The largest absolute Gasteiger partial charge is 0.351 e. The van der Waals surface area contributed by atoms with Crippen LogP contribution in [0.3, 0.4) is 0 Å². The average Bonchev–Trinajstić information content (AvgIpc) is 3.34. The molecule has 35 heavy (non-hydrogen) atoms. The molecule has 8 nitrogen and oxygen atoms in total. The predicted octanol–water partition coefficient (Wildman–Crippen LogP) is 2.61. The van der Waals surface area contributed by atoms with E-state index in [4.69, 9.17) is 5.14 Å². The molecule has 3 N–H and O–H groups in total. The van der Waals surface area contributed by atoms with E-state index < -0.39 is 37.8 Å². The number of rotatable bonds is 7. The van der Waals surface area contributed by atoms with Crippen LogP contribution in [-0.4, -0.2) is 39.6 Å². The fourth-order valence-corrected chi connectivity index (χ4v) is 6.21. The number of benzene rings is 3. The van der Waals surface area contributed by atoms with Crippen molar-refractivity contribution in [1.29, 1.82) is 0 Å². The van der Waals surface area contributed by atoms with E-state index in [-0.39, 0.29) is 22.9 Å². The van der Waals surface area contributed by atoms with Crippen molar-refractivity contribution in [1.82, 2.24) is 9.62 Å². The SMILES string of the molecule is NS(=O)(=O)c1ccc(-c2cccc(CNC(=O)C3CCCN3S(=O)(=O)c3ccc(F)cc3)c2)cc1. The highest BCUT2D eigenvalue weighted by atomic mass is 32.2. The lowest BCUT2D eigenvalue weighted by molar-refractivity contribution is -0.124. The lowest BCUT2D eigenvalue weighted by Gasteiger charge is -2.23. The molecule has 4 rings (SSSR count). The van der Waals surface area contributed by atoms with Gasteiger partial charge in [-0.05, 0) is 72.0 Å². The van der Waals surface area contributed by atoms with Crippen LogP contribution in [0.5, 0.6) is 0 Å². The maximum Gasteiger partial charge on any atom is 0.243 e. The minimum atomic E-state index is -3.94. The van der Waals surface area contributed by atoms with Crippen LogP contribution in [0, 0.1) is 5.82 Å². The smallest absolute Gasteiger partial charge is 0.243 e. The zero-order valence-electron chi connectivity index (χ0n) is 18.6. The minimum absolute atomic E-state index is 0.0152. The summed E-state index contributed by atoms with van der Waals surface area (Å²) in [5.74, 6) is -0.946. The fraction of sp³-hybridized carbons (Fsp3) is 0.208. The Morgan fingerprint density at radius 1 is 0.943 bits per heavy atom. The van der Waals surface area contributed by atoms with E-state index in [2.05, 4.69) is 5.32 Å². The van der Waals surface area contributed by atoms with Gasteiger partial charge in [0.15, 0.2) is 0 Å². The third-order valence-corrected chi connectivity index (χ3v) is 8.69. The fourth-order valence-electron chi connectivity index (χ4n) is 4.04. The summed E-state index contributed by atoms with van der Waals surface area (Å²) in [5, 5.41) is 7.95. The molecule has 184 valence electrons. The molecule has 0 radical (unpaired) electrons. The first-order valence-corrected chi connectivity index (χ1v) is 13.8. The number of nitrogens with two attached hydrogens (primary N) is 1. The van der Waals surface area contributed by atoms with Gasteiger partial charge in [0.1, 0.15) is 11.9 Å². The van der Waals surface area contributed by atoms with Crippen LogP contribution >= 0.6 is 0 Å². The summed E-state index contributed by atoms with van der Waals surface area (Å²) in [6, 6.07) is 17.2. The number of carbonyl (C=O) groups is 1. The van der Waals surface area contributed by atoms with Gasteiger partial charge in [-0.15, -0.1) is 0 Å². The maximum atomic E-state index is 13.2. The van der Waals surface area contributed by atoms with Gasteiger partial charge >= 0.3 is 0 Å². The Hall–Kier alpha value is -3.12. The molecule has 0 aromatic heterocycles. The second-order valence-electron chi connectivity index (χ2n) is 8.22. The minimum Gasteiger partial charge on any atom is -0.351 e. The standard InChI is InChI=1S/C24H24FN3O5S2/c25-20-8-12-22(13-9-20)35(32,33)28-14-2-5-23(28)24(29)27-16-17-3-1-4-19(15-17)18-6-10-21(11-7-18)34(26,30)31/h1,3-4,6-13,15,23H,2,5,14,16H2,(H,27,29)(H2,26,30,31). The number of carbonyl (C=O) groups excluding carboxylic acids is 1. The van der Waals surface area contributed by atoms with Crippen LogP contribution in [0.2, 0.25) is 0 Å². The van der Waals surface area contributed by atoms with Gasteiger partial charge in [-0.25, -0.2) is 26.4 Å². The third kappa shape index (κ3) is 5.59. The monoisotopic (exact) mass is 517 g/mol. The Bertz CT molecular complexity index is 1440. The summed E-state index contributed by atoms with van der Waals surface area (Å²) in [6.45, 7) is 0.394. The number of primary sulfonamides is 1. The van der Waals surface area contributed by atoms with Crippen LogP contribution in [0.25, 0.3) is 11.1 Å². The van der Waals surface area contributed by atoms with Crippen molar-refractivity contribution < 1.29 is 26.0 Å². The first-order chi connectivity index (χ1) is 16.6. The summed E-state index contributed by atoms with van der Waals surface area (Å²) < 4.78 is 63.3. The highest BCUT2D eigenvalue weighted by Crippen LogP contribution is 2.27. The molecule has 1 unspecified atom stereocenters. The summed E-state index contributed by atoms with van der Waals surface area (Å²) in [5.41, 5.74) is 2.38. The van der Waals surface area contributed by atoms with E-state index in [9.17, 15) is 26.0 Å². The van der Waals surface area contributed by atoms with Crippen LogP contribution in [0.15, 0.2) is 82.6 Å². The Labute approximate surface area is 203 Å². The van der Waals surface area contributed by atoms with Gasteiger partial charge in [-0.1, -0.05) is 30.3 Å². The summed E-state index contributed by atoms with van der Waals surface area (Å²) in [6.07, 6.45) is 0.936. The zero-order valence-corrected chi connectivity index (χ0v) is 20.2. The van der Waals surface area contributed by atoms with E-state index in [0.29, 0.717) is 12.8 Å². The molecule has 0 bridgehead atoms. The van der Waals surface area contributed by atoms with E-state index in [1.807, 2.05) is 24.3 Å². The molecule has 0 saturated carbocycles. The number of sulfonamides is 2. The van der Waals surface area contributed by atoms with E-state index in [1.54, 1.807) is 12.1 Å². The Morgan fingerprint density at radius 2 is 1.60 bits per heavy atom. The van der Waals surface area contributed by atoms with E-state index >= 15 is 0 Å². The number of hydrogen-bond donors (Lipinski definition) is 2. The van der Waals surface area contributed by atoms with Gasteiger partial charge in [-0.3, -0.25) is 4.79 Å². The van der Waals surface area contributed by atoms with Crippen LogP contribution in [0.1, 0.15) is 18.4 Å². The number of halogens is 1. The highest BCUT2D eigenvalue weighted by Gasteiger charge is 2.39. The van der Waals surface area contributed by atoms with Crippen LogP contribution in [0.4, 0.5) is 4.39 Å². The molecular formula is C24H24FN3O5S2. The Morgan fingerprint density at radius 3 is 2.26 bits per heavy atom. The number of hydrogen-bond acceptors (Lipinski definition) is 5. The molecule has 0 aliphatic carbocycles. The summed E-state index contributed by atoms with van der Waals surface area (Å²) in [7, 11) is -7.72. The van der Waals surface area contributed by atoms with Crippen molar-refractivity contribution in [3.05, 3.63) is 84.2 Å². The van der Waals surface area contributed by atoms with Gasteiger partial charge < -0.3 is 5.32 Å². The molecule has 1 saturated heterocycles. The number of nitrogens with one attached hydrogen (secondary N) is 1. The quantitative estimate of drug-likeness (QED) is 0.498. The molecule has 1 fully saturated rings. The molecule has 1 aliphatic heterocycles. The molecule has 11 heteroatoms. The third-order valence-electron chi connectivity index (χ3n) is 5.84. The number of nitrogens with zero attached hydrogens (tertiary/aromatic N) is 1. The molecule has 1 heterocycles. The maximum absolute atomic E-state index is 13.2. The van der Waals surface area contributed by atoms with Gasteiger partial charge in [0.25, 0.3) is 0 Å². The average molecular weight is 518 g/mol. The molecule has 1 amide bonds. The first kappa shape index (κ1) is 25.0. The molecule has 1 atom stereocenters. The zero-order chi connectivity index (χ0) is 25.2. The topological polar surface area (TPSA) is 127 Å². The van der Waals surface area contributed by atoms with E-state index in [0.717, 1.165) is 28.8 Å². The summed E-state index contributed by atoms with van der Waals surface area (Å²) in [4.78, 5) is 12.9. The van der Waals surface area contributed by atoms with Crippen molar-refractivity contribution in [2.75, 3.05) is 6.54 Å².